The molecular formula is C25H29N3O3. The Morgan fingerprint density at radius 2 is 1.90 bits per heavy atom. The SMILES string of the molecule is CCCCNC(=O)[C@@H]1c2ccccc2C(=O)N(CCOC)[C@H]1c1c[nH]c2ccccc12. The molecule has 0 spiro atoms. The minimum absolute atomic E-state index is 0.0499. The van der Waals surface area contributed by atoms with Crippen molar-refractivity contribution in [1.82, 2.24) is 15.2 Å². The maximum atomic E-state index is 13.5. The maximum absolute atomic E-state index is 13.5. The molecule has 0 fully saturated rings. The summed E-state index contributed by atoms with van der Waals surface area (Å²) in [5.41, 5.74) is 3.31. The van der Waals surface area contributed by atoms with Crippen LogP contribution in [0.15, 0.2) is 54.7 Å². The van der Waals surface area contributed by atoms with Gasteiger partial charge in [-0.2, -0.15) is 0 Å². The number of carbonyl (C=O) groups excluding carboxylic acids is 2. The number of benzene rings is 2. The van der Waals surface area contributed by atoms with Gasteiger partial charge >= 0.3 is 0 Å². The van der Waals surface area contributed by atoms with Crippen molar-refractivity contribution in [1.29, 1.82) is 0 Å². The standard InChI is InChI=1S/C25H29N3O3/c1-3-4-13-26-24(29)22-18-10-5-6-11-19(18)25(30)28(14-15-31-2)23(22)20-16-27-21-12-8-7-9-17(20)21/h5-12,16,22-23,27H,3-4,13-15H2,1-2H3,(H,26,29)/t22-,23+/m1/s1. The molecule has 0 saturated carbocycles. The summed E-state index contributed by atoms with van der Waals surface area (Å²) < 4.78 is 5.31. The normalized spacial score (nSPS) is 18.3. The maximum Gasteiger partial charge on any atom is 0.254 e. The first-order chi connectivity index (χ1) is 15.2. The molecule has 6 heteroatoms. The van der Waals surface area contributed by atoms with Gasteiger partial charge in [-0.15, -0.1) is 0 Å². The van der Waals surface area contributed by atoms with Crippen LogP contribution in [-0.2, 0) is 9.53 Å². The first-order valence-corrected chi connectivity index (χ1v) is 10.9. The van der Waals surface area contributed by atoms with Crippen LogP contribution >= 0.6 is 0 Å². The molecule has 162 valence electrons. The molecule has 3 aromatic rings. The Labute approximate surface area is 182 Å². The van der Waals surface area contributed by atoms with E-state index in [1.165, 1.54) is 0 Å². The number of hydrogen-bond acceptors (Lipinski definition) is 3. The van der Waals surface area contributed by atoms with E-state index < -0.39 is 12.0 Å². The number of aromatic nitrogens is 1. The highest BCUT2D eigenvalue weighted by molar-refractivity contribution is 6.02. The second kappa shape index (κ2) is 9.35. The topological polar surface area (TPSA) is 74.4 Å². The number of amides is 2. The predicted octanol–water partition coefficient (Wildman–Crippen LogP) is 4.01. The molecule has 2 amide bonds. The van der Waals surface area contributed by atoms with Gasteiger partial charge in [0.15, 0.2) is 0 Å². The number of carbonyl (C=O) groups is 2. The first kappa shape index (κ1) is 21.1. The summed E-state index contributed by atoms with van der Waals surface area (Å²) in [5, 5.41) is 4.13. The Morgan fingerprint density at radius 3 is 2.71 bits per heavy atom. The molecule has 6 nitrogen and oxygen atoms in total. The number of nitrogens with one attached hydrogen (secondary N) is 2. The van der Waals surface area contributed by atoms with Gasteiger partial charge in [0.25, 0.3) is 5.91 Å². The number of rotatable bonds is 8. The number of methoxy groups -OCH3 is 1. The molecule has 1 aliphatic heterocycles. The smallest absolute Gasteiger partial charge is 0.254 e. The number of fused-ring (bicyclic) bond motifs is 2. The van der Waals surface area contributed by atoms with E-state index in [2.05, 4.69) is 17.2 Å². The molecule has 0 unspecified atom stereocenters. The number of ether oxygens (including phenoxy) is 1. The van der Waals surface area contributed by atoms with Gasteiger partial charge in [0.1, 0.15) is 0 Å². The van der Waals surface area contributed by atoms with Gasteiger partial charge in [-0.05, 0) is 24.1 Å². The minimum Gasteiger partial charge on any atom is -0.383 e. The molecule has 0 bridgehead atoms. The van der Waals surface area contributed by atoms with Gasteiger partial charge in [-0.1, -0.05) is 49.7 Å². The van der Waals surface area contributed by atoms with E-state index in [9.17, 15) is 9.59 Å². The molecule has 4 rings (SSSR count). The van der Waals surface area contributed by atoms with Crippen molar-refractivity contribution < 1.29 is 14.3 Å². The summed E-state index contributed by atoms with van der Waals surface area (Å²) >= 11 is 0. The molecule has 0 saturated heterocycles. The van der Waals surface area contributed by atoms with Crippen molar-refractivity contribution >= 4 is 22.7 Å². The molecular weight excluding hydrogens is 390 g/mol. The van der Waals surface area contributed by atoms with E-state index in [-0.39, 0.29) is 11.8 Å². The number of unbranched alkanes of at least 4 members (excludes halogenated alkanes) is 1. The lowest BCUT2D eigenvalue weighted by Gasteiger charge is -2.41. The highest BCUT2D eigenvalue weighted by Crippen LogP contribution is 2.44. The third-order valence-electron chi connectivity index (χ3n) is 6.03. The van der Waals surface area contributed by atoms with Gasteiger partial charge < -0.3 is 19.9 Å². The fourth-order valence-electron chi connectivity index (χ4n) is 4.49. The minimum atomic E-state index is -0.498. The zero-order chi connectivity index (χ0) is 21.8. The molecule has 31 heavy (non-hydrogen) atoms. The first-order valence-electron chi connectivity index (χ1n) is 10.9. The van der Waals surface area contributed by atoms with Crippen LogP contribution in [0.1, 0.15) is 53.2 Å². The lowest BCUT2D eigenvalue weighted by Crippen LogP contribution is -2.48. The van der Waals surface area contributed by atoms with Crippen LogP contribution in [0.5, 0.6) is 0 Å². The number of nitrogens with zero attached hydrogens (tertiary/aromatic N) is 1. The Kier molecular flexibility index (Phi) is 6.37. The average Bonchev–Trinajstić information content (AvgIpc) is 3.22. The van der Waals surface area contributed by atoms with Gasteiger partial charge in [0, 0.05) is 48.4 Å². The Bertz CT molecular complexity index is 1070. The number of H-pyrrole nitrogens is 1. The summed E-state index contributed by atoms with van der Waals surface area (Å²) in [7, 11) is 1.62. The number of aromatic amines is 1. The van der Waals surface area contributed by atoms with Crippen LogP contribution in [0, 0.1) is 0 Å². The summed E-state index contributed by atoms with van der Waals surface area (Å²) in [4.78, 5) is 32.1. The van der Waals surface area contributed by atoms with Gasteiger partial charge in [-0.25, -0.2) is 0 Å². The molecule has 2 N–H and O–H groups in total. The summed E-state index contributed by atoms with van der Waals surface area (Å²) in [5.74, 6) is -0.617. The Hall–Kier alpha value is -3.12. The van der Waals surface area contributed by atoms with Gasteiger partial charge in [-0.3, -0.25) is 9.59 Å². The van der Waals surface area contributed by atoms with Crippen molar-refractivity contribution in [2.75, 3.05) is 26.8 Å². The van der Waals surface area contributed by atoms with Crippen LogP contribution in [0.4, 0.5) is 0 Å². The zero-order valence-electron chi connectivity index (χ0n) is 18.1. The van der Waals surface area contributed by atoms with Crippen molar-refractivity contribution in [3.63, 3.8) is 0 Å². The van der Waals surface area contributed by atoms with Crippen LogP contribution in [0.3, 0.4) is 0 Å². The van der Waals surface area contributed by atoms with Crippen LogP contribution in [0.25, 0.3) is 10.9 Å². The van der Waals surface area contributed by atoms with Crippen LogP contribution in [-0.4, -0.2) is 48.5 Å². The van der Waals surface area contributed by atoms with Gasteiger partial charge in [0.2, 0.25) is 5.91 Å². The van der Waals surface area contributed by atoms with Gasteiger partial charge in [0.05, 0.1) is 18.6 Å². The molecule has 2 aromatic carbocycles. The molecule has 2 heterocycles. The van der Waals surface area contributed by atoms with Crippen LogP contribution in [0.2, 0.25) is 0 Å². The summed E-state index contributed by atoms with van der Waals surface area (Å²) in [6, 6.07) is 15.0. The molecule has 2 atom stereocenters. The summed E-state index contributed by atoms with van der Waals surface area (Å²) in [6.45, 7) is 3.53. The lowest BCUT2D eigenvalue weighted by molar-refractivity contribution is -0.124. The fraction of sp³-hybridized carbons (Fsp3) is 0.360. The average molecular weight is 420 g/mol. The summed E-state index contributed by atoms with van der Waals surface area (Å²) in [6.07, 6.45) is 3.86. The third kappa shape index (κ3) is 3.95. The number of para-hydroxylation sites is 1. The van der Waals surface area contributed by atoms with E-state index in [0.717, 1.165) is 34.9 Å². The Balaban J connectivity index is 1.86. The van der Waals surface area contributed by atoms with E-state index in [1.807, 2.05) is 54.7 Å². The van der Waals surface area contributed by atoms with Crippen molar-refractivity contribution in [3.8, 4) is 0 Å². The van der Waals surface area contributed by atoms with Crippen molar-refractivity contribution in [3.05, 3.63) is 71.4 Å². The van der Waals surface area contributed by atoms with E-state index in [4.69, 9.17) is 4.74 Å². The zero-order valence-corrected chi connectivity index (χ0v) is 18.1. The molecule has 1 aliphatic rings. The molecule has 0 aliphatic carbocycles. The predicted molar refractivity (Wildman–Crippen MR) is 121 cm³/mol. The highest BCUT2D eigenvalue weighted by Gasteiger charge is 2.44. The Morgan fingerprint density at radius 1 is 1.13 bits per heavy atom. The largest absolute Gasteiger partial charge is 0.383 e. The van der Waals surface area contributed by atoms with Crippen molar-refractivity contribution in [2.45, 2.75) is 31.7 Å². The quantitative estimate of drug-likeness (QED) is 0.542. The van der Waals surface area contributed by atoms with E-state index >= 15 is 0 Å². The lowest BCUT2D eigenvalue weighted by atomic mass is 9.79. The van der Waals surface area contributed by atoms with Crippen LogP contribution < -0.4 is 5.32 Å². The number of hydrogen-bond donors (Lipinski definition) is 2. The van der Waals surface area contributed by atoms with E-state index in [1.54, 1.807) is 12.0 Å². The monoisotopic (exact) mass is 419 g/mol. The second-order valence-corrected chi connectivity index (χ2v) is 7.94. The fourth-order valence-corrected chi connectivity index (χ4v) is 4.49. The second-order valence-electron chi connectivity index (χ2n) is 7.94. The molecule has 0 radical (unpaired) electrons. The van der Waals surface area contributed by atoms with E-state index in [0.29, 0.717) is 25.3 Å². The van der Waals surface area contributed by atoms with Crippen molar-refractivity contribution in [2.24, 2.45) is 0 Å². The molecule has 1 aromatic heterocycles. The highest BCUT2D eigenvalue weighted by atomic mass is 16.5. The third-order valence-corrected chi connectivity index (χ3v) is 6.03.